The molecule has 5 heteroatoms. The van der Waals surface area contributed by atoms with E-state index in [4.69, 9.17) is 16.7 Å². The third-order valence-electron chi connectivity index (χ3n) is 1.95. The van der Waals surface area contributed by atoms with Gasteiger partial charge in [0.05, 0.1) is 18.2 Å². The fourth-order valence-electron chi connectivity index (χ4n) is 1.19. The molecule has 0 aliphatic rings. The lowest BCUT2D eigenvalue weighted by atomic mass is 10.1. The molecule has 1 aromatic heterocycles. The van der Waals surface area contributed by atoms with E-state index < -0.39 is 6.43 Å². The molecule has 0 radical (unpaired) electrons. The zero-order valence-corrected chi connectivity index (χ0v) is 8.35. The maximum absolute atomic E-state index is 12.4. The summed E-state index contributed by atoms with van der Waals surface area (Å²) in [6, 6.07) is 1.25. The van der Waals surface area contributed by atoms with E-state index in [2.05, 4.69) is 4.98 Å². The highest BCUT2D eigenvalue weighted by molar-refractivity contribution is 6.17. The summed E-state index contributed by atoms with van der Waals surface area (Å²) in [6.45, 7) is 1.17. The first-order chi connectivity index (χ1) is 6.60. The molecule has 14 heavy (non-hydrogen) atoms. The molecular formula is C9H10ClF2NO. The van der Waals surface area contributed by atoms with Crippen molar-refractivity contribution in [2.45, 2.75) is 25.8 Å². The molecule has 0 aromatic carbocycles. The van der Waals surface area contributed by atoms with E-state index >= 15 is 0 Å². The number of alkyl halides is 3. The van der Waals surface area contributed by atoms with Crippen LogP contribution in [0.5, 0.6) is 0 Å². The topological polar surface area (TPSA) is 33.1 Å². The van der Waals surface area contributed by atoms with Gasteiger partial charge in [0.15, 0.2) is 0 Å². The molecule has 0 bridgehead atoms. The highest BCUT2D eigenvalue weighted by Gasteiger charge is 2.14. The standard InChI is InChI=1S/C9H10ClF2NO/c1-5-7(9(11)12)2-6(4-14)8(3-10)13-5/h2,9,14H,3-4H2,1H3. The SMILES string of the molecule is Cc1nc(CCl)c(CO)cc1C(F)F. The molecule has 1 aromatic rings. The van der Waals surface area contributed by atoms with Crippen molar-refractivity contribution >= 4 is 11.6 Å². The molecule has 0 aliphatic heterocycles. The monoisotopic (exact) mass is 221 g/mol. The minimum Gasteiger partial charge on any atom is -0.392 e. The highest BCUT2D eigenvalue weighted by Crippen LogP contribution is 2.24. The summed E-state index contributed by atoms with van der Waals surface area (Å²) in [5.74, 6) is 0.111. The van der Waals surface area contributed by atoms with Gasteiger partial charge in [-0.2, -0.15) is 0 Å². The van der Waals surface area contributed by atoms with Crippen molar-refractivity contribution in [3.63, 3.8) is 0 Å². The zero-order chi connectivity index (χ0) is 10.7. The second-order valence-electron chi connectivity index (χ2n) is 2.86. The summed E-state index contributed by atoms with van der Waals surface area (Å²) >= 11 is 5.55. The number of hydrogen-bond donors (Lipinski definition) is 1. The van der Waals surface area contributed by atoms with E-state index in [0.29, 0.717) is 11.3 Å². The number of rotatable bonds is 3. The van der Waals surface area contributed by atoms with Gasteiger partial charge >= 0.3 is 0 Å². The van der Waals surface area contributed by atoms with Gasteiger partial charge in [-0.1, -0.05) is 0 Å². The quantitative estimate of drug-likeness (QED) is 0.796. The average Bonchev–Trinajstić information content (AvgIpc) is 2.16. The first kappa shape index (κ1) is 11.3. The first-order valence-electron chi connectivity index (χ1n) is 4.04. The molecule has 2 nitrogen and oxygen atoms in total. The van der Waals surface area contributed by atoms with Crippen molar-refractivity contribution in [1.29, 1.82) is 0 Å². The Hall–Kier alpha value is -0.740. The number of nitrogens with zero attached hydrogens (tertiary/aromatic N) is 1. The molecular weight excluding hydrogens is 212 g/mol. The predicted molar refractivity (Wildman–Crippen MR) is 49.4 cm³/mol. The van der Waals surface area contributed by atoms with Gasteiger partial charge in [0, 0.05) is 16.8 Å². The summed E-state index contributed by atoms with van der Waals surface area (Å²) < 4.78 is 24.9. The van der Waals surface area contributed by atoms with Crippen LogP contribution in [0.4, 0.5) is 8.78 Å². The Labute approximate surface area is 85.5 Å². The Kier molecular flexibility index (Phi) is 3.77. The number of pyridine rings is 1. The van der Waals surface area contributed by atoms with E-state index in [9.17, 15) is 8.78 Å². The summed E-state index contributed by atoms with van der Waals surface area (Å²) in [4.78, 5) is 3.91. The Morgan fingerprint density at radius 1 is 1.57 bits per heavy atom. The Bertz CT molecular complexity index is 331. The summed E-state index contributed by atoms with van der Waals surface area (Å²) in [6.07, 6.45) is -2.57. The third-order valence-corrected chi connectivity index (χ3v) is 2.21. The second kappa shape index (κ2) is 4.66. The van der Waals surface area contributed by atoms with Crippen molar-refractivity contribution < 1.29 is 13.9 Å². The van der Waals surface area contributed by atoms with Crippen LogP contribution in [0.1, 0.15) is 28.9 Å². The number of aryl methyl sites for hydroxylation is 1. The van der Waals surface area contributed by atoms with Gasteiger partial charge in [0.1, 0.15) is 0 Å². The van der Waals surface area contributed by atoms with E-state index in [1.165, 1.54) is 13.0 Å². The molecule has 0 aliphatic carbocycles. The molecule has 0 fully saturated rings. The van der Waals surface area contributed by atoms with Crippen LogP contribution in [-0.4, -0.2) is 10.1 Å². The molecule has 1 rings (SSSR count). The average molecular weight is 222 g/mol. The Balaban J connectivity index is 3.23. The number of hydrogen-bond acceptors (Lipinski definition) is 2. The fourth-order valence-corrected chi connectivity index (χ4v) is 1.42. The van der Waals surface area contributed by atoms with Gasteiger partial charge in [-0.25, -0.2) is 8.78 Å². The van der Waals surface area contributed by atoms with Crippen LogP contribution >= 0.6 is 11.6 Å². The van der Waals surface area contributed by atoms with Gasteiger partial charge in [-0.15, -0.1) is 11.6 Å². The van der Waals surface area contributed by atoms with Gasteiger partial charge in [-0.05, 0) is 13.0 Å². The van der Waals surface area contributed by atoms with Crippen molar-refractivity contribution in [2.24, 2.45) is 0 Å². The van der Waals surface area contributed by atoms with Gasteiger partial charge < -0.3 is 5.11 Å². The fraction of sp³-hybridized carbons (Fsp3) is 0.444. The minimum atomic E-state index is -2.57. The first-order valence-corrected chi connectivity index (χ1v) is 4.57. The third kappa shape index (κ3) is 2.19. The zero-order valence-electron chi connectivity index (χ0n) is 7.60. The van der Waals surface area contributed by atoms with E-state index in [1.54, 1.807) is 0 Å². The molecule has 78 valence electrons. The van der Waals surface area contributed by atoms with Crippen molar-refractivity contribution in [2.75, 3.05) is 0 Å². The number of aromatic nitrogens is 1. The molecule has 0 unspecified atom stereocenters. The van der Waals surface area contributed by atoms with Crippen LogP contribution in [0.25, 0.3) is 0 Å². The van der Waals surface area contributed by atoms with Crippen LogP contribution in [-0.2, 0) is 12.5 Å². The molecule has 0 amide bonds. The summed E-state index contributed by atoms with van der Waals surface area (Å²) in [7, 11) is 0. The summed E-state index contributed by atoms with van der Waals surface area (Å²) in [5.41, 5.74) is 0.924. The lowest BCUT2D eigenvalue weighted by Crippen LogP contribution is -2.02. The largest absolute Gasteiger partial charge is 0.392 e. The molecule has 0 saturated heterocycles. The summed E-state index contributed by atoms with van der Waals surface area (Å²) in [5, 5.41) is 8.90. The van der Waals surface area contributed by atoms with Crippen molar-refractivity contribution in [3.8, 4) is 0 Å². The van der Waals surface area contributed by atoms with Crippen LogP contribution < -0.4 is 0 Å². The molecule has 1 N–H and O–H groups in total. The maximum atomic E-state index is 12.4. The van der Waals surface area contributed by atoms with E-state index in [1.807, 2.05) is 0 Å². The van der Waals surface area contributed by atoms with E-state index in [-0.39, 0.29) is 23.7 Å². The molecule has 0 saturated carbocycles. The predicted octanol–water partition coefficient (Wildman–Crippen LogP) is 2.56. The number of halogens is 3. The minimum absolute atomic E-state index is 0.111. The molecule has 1 heterocycles. The van der Waals surface area contributed by atoms with Gasteiger partial charge in [0.2, 0.25) is 0 Å². The van der Waals surface area contributed by atoms with E-state index in [0.717, 1.165) is 0 Å². The van der Waals surface area contributed by atoms with Crippen LogP contribution in [0, 0.1) is 6.92 Å². The molecule has 0 spiro atoms. The van der Waals surface area contributed by atoms with Gasteiger partial charge in [0.25, 0.3) is 6.43 Å². The van der Waals surface area contributed by atoms with Crippen LogP contribution in [0.3, 0.4) is 0 Å². The second-order valence-corrected chi connectivity index (χ2v) is 3.13. The van der Waals surface area contributed by atoms with Gasteiger partial charge in [-0.3, -0.25) is 4.98 Å². The molecule has 0 atom stereocenters. The lowest BCUT2D eigenvalue weighted by Gasteiger charge is -2.09. The number of aliphatic hydroxyl groups is 1. The normalized spacial score (nSPS) is 11.0. The van der Waals surface area contributed by atoms with Crippen LogP contribution in [0.15, 0.2) is 6.07 Å². The highest BCUT2D eigenvalue weighted by atomic mass is 35.5. The van der Waals surface area contributed by atoms with Crippen molar-refractivity contribution in [3.05, 3.63) is 28.6 Å². The van der Waals surface area contributed by atoms with Crippen LogP contribution in [0.2, 0.25) is 0 Å². The maximum Gasteiger partial charge on any atom is 0.265 e. The Morgan fingerprint density at radius 3 is 2.64 bits per heavy atom. The lowest BCUT2D eigenvalue weighted by molar-refractivity contribution is 0.149. The Morgan fingerprint density at radius 2 is 2.21 bits per heavy atom. The van der Waals surface area contributed by atoms with Crippen molar-refractivity contribution in [1.82, 2.24) is 4.98 Å². The smallest absolute Gasteiger partial charge is 0.265 e. The number of aliphatic hydroxyl groups excluding tert-OH is 1.